The number of aryl methyl sites for hydroxylation is 1. The first-order valence-electron chi connectivity index (χ1n) is 8.97. The minimum absolute atomic E-state index is 0.256. The van der Waals surface area contributed by atoms with Gasteiger partial charge in [-0.15, -0.1) is 0 Å². The maximum absolute atomic E-state index is 6.01. The Morgan fingerprint density at radius 1 is 1.04 bits per heavy atom. The third-order valence-electron chi connectivity index (χ3n) is 4.98. The van der Waals surface area contributed by atoms with Gasteiger partial charge in [0, 0.05) is 18.8 Å². The third kappa shape index (κ3) is 2.58. The summed E-state index contributed by atoms with van der Waals surface area (Å²) >= 11 is 0. The molecule has 1 atom stereocenters. The first-order valence-corrected chi connectivity index (χ1v) is 8.97. The van der Waals surface area contributed by atoms with Crippen molar-refractivity contribution in [2.24, 2.45) is 0 Å². The van der Waals surface area contributed by atoms with Crippen molar-refractivity contribution in [2.75, 3.05) is 18.0 Å². The van der Waals surface area contributed by atoms with Crippen LogP contribution in [-0.2, 0) is 0 Å². The van der Waals surface area contributed by atoms with E-state index >= 15 is 0 Å². The molecule has 130 valence electrons. The van der Waals surface area contributed by atoms with Gasteiger partial charge in [0.25, 0.3) is 0 Å². The molecule has 0 bridgehead atoms. The van der Waals surface area contributed by atoms with E-state index in [1.807, 2.05) is 43.3 Å². The molecule has 1 aromatic carbocycles. The average Bonchev–Trinajstić information content (AvgIpc) is 3.12. The Morgan fingerprint density at radius 2 is 1.96 bits per heavy atom. The maximum atomic E-state index is 6.01. The fourth-order valence-electron chi connectivity index (χ4n) is 3.69. The second-order valence-corrected chi connectivity index (χ2v) is 6.82. The molecule has 1 saturated heterocycles. The summed E-state index contributed by atoms with van der Waals surface area (Å²) in [6.45, 7) is 3.78. The van der Waals surface area contributed by atoms with Gasteiger partial charge in [0.2, 0.25) is 0 Å². The van der Waals surface area contributed by atoms with Crippen LogP contribution in [0.1, 0.15) is 30.3 Å². The predicted octanol–water partition coefficient (Wildman–Crippen LogP) is 3.86. The largest absolute Gasteiger partial charge is 0.440 e. The van der Waals surface area contributed by atoms with E-state index in [4.69, 9.17) is 9.40 Å². The summed E-state index contributed by atoms with van der Waals surface area (Å²) in [6, 6.07) is 11.9. The number of hydrogen-bond donors (Lipinski definition) is 0. The summed E-state index contributed by atoms with van der Waals surface area (Å²) in [5.41, 5.74) is 4.49. The summed E-state index contributed by atoms with van der Waals surface area (Å²) in [4.78, 5) is 20.6. The van der Waals surface area contributed by atoms with E-state index in [1.54, 1.807) is 6.33 Å². The predicted molar refractivity (Wildman–Crippen MR) is 100 cm³/mol. The van der Waals surface area contributed by atoms with Gasteiger partial charge in [0.1, 0.15) is 17.4 Å². The molecule has 0 saturated carbocycles. The van der Waals surface area contributed by atoms with Crippen LogP contribution in [-0.4, -0.2) is 33.0 Å². The molecular formula is C20H19N5O. The zero-order valence-corrected chi connectivity index (χ0v) is 14.6. The van der Waals surface area contributed by atoms with Crippen molar-refractivity contribution >= 4 is 28.0 Å². The quantitative estimate of drug-likeness (QED) is 0.549. The maximum Gasteiger partial charge on any atom is 0.200 e. The minimum atomic E-state index is 0.256. The standard InChI is InChI=1S/C20H19N5O/c1-13-8-9-16-18(23-13)19(22-12-21-16)25-10-4-5-14(11-25)20-24-15-6-2-3-7-17(15)26-20/h2-3,6-9,12,14H,4-5,10-11H2,1H3. The Hall–Kier alpha value is -3.02. The molecule has 1 fully saturated rings. The van der Waals surface area contributed by atoms with E-state index in [-0.39, 0.29) is 5.92 Å². The molecule has 1 aliphatic heterocycles. The zero-order chi connectivity index (χ0) is 17.5. The van der Waals surface area contributed by atoms with E-state index < -0.39 is 0 Å². The number of para-hydroxylation sites is 2. The van der Waals surface area contributed by atoms with Gasteiger partial charge < -0.3 is 9.32 Å². The molecule has 26 heavy (non-hydrogen) atoms. The Bertz CT molecular complexity index is 1060. The third-order valence-corrected chi connectivity index (χ3v) is 4.98. The lowest BCUT2D eigenvalue weighted by atomic mass is 9.98. The van der Waals surface area contributed by atoms with Crippen molar-refractivity contribution in [1.29, 1.82) is 0 Å². The Morgan fingerprint density at radius 3 is 2.88 bits per heavy atom. The van der Waals surface area contributed by atoms with E-state index in [0.29, 0.717) is 0 Å². The summed E-state index contributed by atoms with van der Waals surface area (Å²) in [7, 11) is 0. The Balaban J connectivity index is 1.50. The van der Waals surface area contributed by atoms with Gasteiger partial charge in [0.15, 0.2) is 17.3 Å². The summed E-state index contributed by atoms with van der Waals surface area (Å²) in [6.07, 6.45) is 3.76. The lowest BCUT2D eigenvalue weighted by molar-refractivity contribution is 0.412. The van der Waals surface area contributed by atoms with E-state index in [1.165, 1.54) is 0 Å². The molecule has 6 heteroatoms. The lowest BCUT2D eigenvalue weighted by Gasteiger charge is -2.32. The summed E-state index contributed by atoms with van der Waals surface area (Å²) < 4.78 is 6.01. The lowest BCUT2D eigenvalue weighted by Crippen LogP contribution is -2.35. The average molecular weight is 345 g/mol. The van der Waals surface area contributed by atoms with Crippen LogP contribution in [0.15, 0.2) is 47.1 Å². The molecule has 3 aromatic heterocycles. The van der Waals surface area contributed by atoms with Crippen molar-refractivity contribution in [3.8, 4) is 0 Å². The van der Waals surface area contributed by atoms with Gasteiger partial charge in [-0.1, -0.05) is 12.1 Å². The number of hydrogen-bond acceptors (Lipinski definition) is 6. The zero-order valence-electron chi connectivity index (χ0n) is 14.6. The summed E-state index contributed by atoms with van der Waals surface area (Å²) in [5.74, 6) is 1.98. The number of anilines is 1. The van der Waals surface area contributed by atoms with Crippen LogP contribution in [0.2, 0.25) is 0 Å². The molecule has 0 N–H and O–H groups in total. The van der Waals surface area contributed by atoms with Crippen LogP contribution >= 0.6 is 0 Å². The SMILES string of the molecule is Cc1ccc2ncnc(N3CCCC(c4nc5ccccc5o4)C3)c2n1. The normalized spacial score (nSPS) is 17.9. The molecule has 4 aromatic rings. The van der Waals surface area contributed by atoms with Crippen LogP contribution < -0.4 is 4.90 Å². The molecular weight excluding hydrogens is 326 g/mol. The van der Waals surface area contributed by atoms with Gasteiger partial charge in [0.05, 0.1) is 11.4 Å². The van der Waals surface area contributed by atoms with Crippen LogP contribution in [0.25, 0.3) is 22.1 Å². The van der Waals surface area contributed by atoms with E-state index in [2.05, 4.69) is 19.9 Å². The van der Waals surface area contributed by atoms with Crippen LogP contribution in [0, 0.1) is 6.92 Å². The molecule has 0 radical (unpaired) electrons. The first kappa shape index (κ1) is 15.3. The topological polar surface area (TPSA) is 67.9 Å². The van der Waals surface area contributed by atoms with Gasteiger partial charge in [-0.25, -0.2) is 19.9 Å². The highest BCUT2D eigenvalue weighted by atomic mass is 16.3. The van der Waals surface area contributed by atoms with Crippen molar-refractivity contribution in [1.82, 2.24) is 19.9 Å². The molecule has 6 nitrogen and oxygen atoms in total. The minimum Gasteiger partial charge on any atom is -0.440 e. The van der Waals surface area contributed by atoms with Gasteiger partial charge in [-0.3, -0.25) is 0 Å². The number of aromatic nitrogens is 4. The molecule has 4 heterocycles. The Kier molecular flexibility index (Phi) is 3.55. The van der Waals surface area contributed by atoms with Crippen molar-refractivity contribution < 1.29 is 4.42 Å². The first-order chi connectivity index (χ1) is 12.8. The highest BCUT2D eigenvalue weighted by Crippen LogP contribution is 2.32. The number of benzene rings is 1. The van der Waals surface area contributed by atoms with Gasteiger partial charge in [-0.05, 0) is 44.0 Å². The molecule has 1 unspecified atom stereocenters. The van der Waals surface area contributed by atoms with Crippen LogP contribution in [0.3, 0.4) is 0 Å². The molecule has 0 amide bonds. The van der Waals surface area contributed by atoms with E-state index in [0.717, 1.165) is 65.5 Å². The second-order valence-electron chi connectivity index (χ2n) is 6.82. The number of fused-ring (bicyclic) bond motifs is 2. The monoisotopic (exact) mass is 345 g/mol. The van der Waals surface area contributed by atoms with Crippen molar-refractivity contribution in [2.45, 2.75) is 25.7 Å². The van der Waals surface area contributed by atoms with Crippen molar-refractivity contribution in [3.63, 3.8) is 0 Å². The van der Waals surface area contributed by atoms with Crippen LogP contribution in [0.5, 0.6) is 0 Å². The molecule has 0 aliphatic carbocycles. The number of rotatable bonds is 2. The summed E-state index contributed by atoms with van der Waals surface area (Å²) in [5, 5.41) is 0. The highest BCUT2D eigenvalue weighted by molar-refractivity contribution is 5.85. The number of pyridine rings is 1. The second kappa shape index (κ2) is 6.05. The number of nitrogens with zero attached hydrogens (tertiary/aromatic N) is 5. The molecule has 0 spiro atoms. The van der Waals surface area contributed by atoms with E-state index in [9.17, 15) is 0 Å². The van der Waals surface area contributed by atoms with Crippen molar-refractivity contribution in [3.05, 3.63) is 54.3 Å². The van der Waals surface area contributed by atoms with Crippen LogP contribution in [0.4, 0.5) is 5.82 Å². The van der Waals surface area contributed by atoms with Gasteiger partial charge >= 0.3 is 0 Å². The number of oxazole rings is 1. The molecule has 5 rings (SSSR count). The molecule has 1 aliphatic rings. The Labute approximate surface area is 150 Å². The fourth-order valence-corrected chi connectivity index (χ4v) is 3.69. The smallest absolute Gasteiger partial charge is 0.200 e. The highest BCUT2D eigenvalue weighted by Gasteiger charge is 2.27. The number of piperidine rings is 1. The fraction of sp³-hybridized carbons (Fsp3) is 0.300. The van der Waals surface area contributed by atoms with Gasteiger partial charge in [-0.2, -0.15) is 0 Å².